The van der Waals surface area contributed by atoms with Crippen molar-refractivity contribution >= 4 is 40.4 Å². The first-order chi connectivity index (χ1) is 13.6. The molecular formula is C26H20OSi-. The molecule has 5 aromatic rings. The summed E-state index contributed by atoms with van der Waals surface area (Å²) in [6, 6.07) is 30.7. The molecule has 1 nitrogen and oxygen atoms in total. The molecule has 1 aliphatic rings. The summed E-state index contributed by atoms with van der Waals surface area (Å²) in [5, 5.41) is 5.44. The van der Waals surface area contributed by atoms with Gasteiger partial charge in [0.1, 0.15) is 11.2 Å². The first kappa shape index (κ1) is 15.9. The molecule has 4 aromatic carbocycles. The van der Waals surface area contributed by atoms with Gasteiger partial charge in [-0.1, -0.05) is 98.1 Å². The van der Waals surface area contributed by atoms with Gasteiger partial charge < -0.3 is 4.42 Å². The second kappa shape index (κ2) is 5.46. The van der Waals surface area contributed by atoms with Crippen LogP contribution in [0.2, 0.25) is 13.1 Å². The molecule has 0 saturated heterocycles. The van der Waals surface area contributed by atoms with E-state index < -0.39 is 8.07 Å². The average molecular weight is 377 g/mol. The first-order valence-corrected chi connectivity index (χ1v) is 12.8. The standard InChI is InChI=1S/C26H20OSi/c1-28(2)24-13-6-4-9-20(24)21-15-14-17(16-25(21)28)18-10-7-11-22-19-8-3-5-12-23(19)27-26(18)22/h3-16H,1-2H3/q-1. The Kier molecular flexibility index (Phi) is 3.10. The fourth-order valence-corrected chi connectivity index (χ4v) is 7.95. The number of para-hydroxylation sites is 2. The molecule has 0 aliphatic carbocycles. The van der Waals surface area contributed by atoms with Gasteiger partial charge in [-0.05, 0) is 11.6 Å². The van der Waals surface area contributed by atoms with Crippen LogP contribution in [0.3, 0.4) is 0 Å². The third-order valence-corrected chi connectivity index (χ3v) is 9.84. The van der Waals surface area contributed by atoms with Gasteiger partial charge in [0.25, 0.3) is 0 Å². The van der Waals surface area contributed by atoms with Gasteiger partial charge in [0.2, 0.25) is 0 Å². The van der Waals surface area contributed by atoms with Crippen molar-refractivity contribution < 1.29 is 4.42 Å². The second-order valence-electron chi connectivity index (χ2n) is 8.21. The minimum Gasteiger partial charge on any atom is -0.455 e. The summed E-state index contributed by atoms with van der Waals surface area (Å²) in [5.41, 5.74) is 7.19. The summed E-state index contributed by atoms with van der Waals surface area (Å²) in [4.78, 5) is 0. The number of benzene rings is 4. The van der Waals surface area contributed by atoms with Crippen molar-refractivity contribution in [1.82, 2.24) is 0 Å². The maximum atomic E-state index is 6.28. The molecule has 2 heteroatoms. The smallest absolute Gasteiger partial charge is 0.143 e. The van der Waals surface area contributed by atoms with Crippen molar-refractivity contribution in [2.45, 2.75) is 13.1 Å². The normalized spacial score (nSPS) is 14.4. The molecule has 0 N–H and O–H groups in total. The molecule has 1 aromatic heterocycles. The molecule has 0 spiro atoms. The molecule has 0 atom stereocenters. The number of fused-ring (bicyclic) bond motifs is 6. The fraction of sp³-hybridized carbons (Fsp3) is 0.0769. The Balaban J connectivity index is 1.61. The molecule has 0 unspecified atom stereocenters. The lowest BCUT2D eigenvalue weighted by Crippen LogP contribution is -2.49. The van der Waals surface area contributed by atoms with E-state index >= 15 is 0 Å². The van der Waals surface area contributed by atoms with Crippen LogP contribution in [0.4, 0.5) is 0 Å². The van der Waals surface area contributed by atoms with E-state index in [4.69, 9.17) is 4.42 Å². The van der Waals surface area contributed by atoms with E-state index in [9.17, 15) is 0 Å². The Morgan fingerprint density at radius 3 is 2.25 bits per heavy atom. The van der Waals surface area contributed by atoms with Crippen molar-refractivity contribution in [2.24, 2.45) is 0 Å². The highest BCUT2D eigenvalue weighted by Gasteiger charge is 2.26. The third kappa shape index (κ3) is 2.01. The zero-order chi connectivity index (χ0) is 18.9. The predicted octanol–water partition coefficient (Wildman–Crippen LogP) is 6.06. The molecule has 1 aliphatic heterocycles. The third-order valence-electron chi connectivity index (χ3n) is 6.30. The lowest BCUT2D eigenvalue weighted by atomic mass is 9.99. The van der Waals surface area contributed by atoms with E-state index in [1.54, 1.807) is 5.19 Å². The van der Waals surface area contributed by atoms with Crippen LogP contribution < -0.4 is 10.4 Å². The Labute approximate surface area is 165 Å². The Morgan fingerprint density at radius 1 is 0.607 bits per heavy atom. The maximum Gasteiger partial charge on any atom is 0.143 e. The highest BCUT2D eigenvalue weighted by molar-refractivity contribution is 7.03. The molecular weight excluding hydrogens is 356 g/mol. The van der Waals surface area contributed by atoms with Gasteiger partial charge in [0.15, 0.2) is 0 Å². The van der Waals surface area contributed by atoms with E-state index in [2.05, 4.69) is 92.0 Å². The van der Waals surface area contributed by atoms with E-state index in [0.717, 1.165) is 11.2 Å². The lowest BCUT2D eigenvalue weighted by Gasteiger charge is -2.32. The van der Waals surface area contributed by atoms with Gasteiger partial charge in [0.05, 0.1) is 0 Å². The van der Waals surface area contributed by atoms with Crippen LogP contribution >= 0.6 is 0 Å². The van der Waals surface area contributed by atoms with Crippen LogP contribution in [-0.4, -0.2) is 8.07 Å². The second-order valence-corrected chi connectivity index (χ2v) is 12.5. The first-order valence-electron chi connectivity index (χ1n) is 9.79. The van der Waals surface area contributed by atoms with Gasteiger partial charge >= 0.3 is 0 Å². The highest BCUT2D eigenvalue weighted by Crippen LogP contribution is 2.37. The molecule has 0 radical (unpaired) electrons. The Bertz CT molecular complexity index is 1390. The minimum atomic E-state index is -1.68. The number of hydrogen-bond acceptors (Lipinski definition) is 1. The number of hydrogen-bond donors (Lipinski definition) is 0. The van der Waals surface area contributed by atoms with E-state index in [1.165, 1.54) is 38.2 Å². The number of rotatable bonds is 1. The summed E-state index contributed by atoms with van der Waals surface area (Å²) in [6.45, 7) is 4.92. The lowest BCUT2D eigenvalue weighted by molar-refractivity contribution is 0.670. The SMILES string of the molecule is C[Si-]1(C)c2ccccc2-c2ccc(-c3cccc4c3oc3ccccc34)cc21. The quantitative estimate of drug-likeness (QED) is 0.324. The average Bonchev–Trinajstić information content (AvgIpc) is 3.22. The van der Waals surface area contributed by atoms with Crippen LogP contribution in [0, 0.1) is 0 Å². The van der Waals surface area contributed by atoms with E-state index in [-0.39, 0.29) is 0 Å². The van der Waals surface area contributed by atoms with Crippen LogP contribution in [-0.2, 0) is 0 Å². The largest absolute Gasteiger partial charge is 0.455 e. The molecule has 135 valence electrons. The Hall–Kier alpha value is -3.10. The van der Waals surface area contributed by atoms with Crippen LogP contribution in [0.5, 0.6) is 0 Å². The van der Waals surface area contributed by atoms with Crippen LogP contribution in [0.15, 0.2) is 89.3 Å². The van der Waals surface area contributed by atoms with Gasteiger partial charge in [0, 0.05) is 16.3 Å². The summed E-state index contributed by atoms with van der Waals surface area (Å²) in [7, 11) is -1.68. The summed E-state index contributed by atoms with van der Waals surface area (Å²) in [5.74, 6) is 0. The zero-order valence-electron chi connectivity index (χ0n) is 16.0. The molecule has 2 heterocycles. The van der Waals surface area contributed by atoms with Crippen molar-refractivity contribution in [3.8, 4) is 22.3 Å². The highest BCUT2D eigenvalue weighted by atomic mass is 28.3. The topological polar surface area (TPSA) is 13.1 Å². The molecule has 0 bridgehead atoms. The van der Waals surface area contributed by atoms with Crippen molar-refractivity contribution in [3.63, 3.8) is 0 Å². The molecule has 28 heavy (non-hydrogen) atoms. The monoisotopic (exact) mass is 376 g/mol. The predicted molar refractivity (Wildman–Crippen MR) is 121 cm³/mol. The van der Waals surface area contributed by atoms with Crippen LogP contribution in [0.25, 0.3) is 44.2 Å². The van der Waals surface area contributed by atoms with Crippen molar-refractivity contribution in [1.29, 1.82) is 0 Å². The Morgan fingerprint density at radius 2 is 1.32 bits per heavy atom. The summed E-state index contributed by atoms with van der Waals surface area (Å²) < 4.78 is 6.28. The molecule has 6 rings (SSSR count). The van der Waals surface area contributed by atoms with Gasteiger partial charge in [-0.3, -0.25) is 0 Å². The molecule has 0 fully saturated rings. The molecule has 0 saturated carbocycles. The zero-order valence-corrected chi connectivity index (χ0v) is 17.0. The van der Waals surface area contributed by atoms with Crippen molar-refractivity contribution in [3.05, 3.63) is 84.9 Å². The van der Waals surface area contributed by atoms with Gasteiger partial charge in [-0.25, -0.2) is 0 Å². The fourth-order valence-electron chi connectivity index (χ4n) is 4.85. The molecule has 0 amide bonds. The van der Waals surface area contributed by atoms with Crippen LogP contribution in [0.1, 0.15) is 0 Å². The summed E-state index contributed by atoms with van der Waals surface area (Å²) in [6.07, 6.45) is 0. The van der Waals surface area contributed by atoms with E-state index in [1.807, 2.05) is 6.07 Å². The van der Waals surface area contributed by atoms with Gasteiger partial charge in [-0.2, -0.15) is 23.5 Å². The summed E-state index contributed by atoms with van der Waals surface area (Å²) >= 11 is 0. The number of furan rings is 1. The maximum absolute atomic E-state index is 6.28. The minimum absolute atomic E-state index is 0.952. The van der Waals surface area contributed by atoms with E-state index in [0.29, 0.717) is 0 Å². The van der Waals surface area contributed by atoms with Gasteiger partial charge in [-0.15, -0.1) is 0 Å². The van der Waals surface area contributed by atoms with Crippen molar-refractivity contribution in [2.75, 3.05) is 0 Å².